The Morgan fingerprint density at radius 3 is 2.80 bits per heavy atom. The number of likely N-dealkylation sites (tertiary alicyclic amines) is 1. The molecule has 5 heteroatoms. The van der Waals surface area contributed by atoms with E-state index in [1.165, 1.54) is 0 Å². The van der Waals surface area contributed by atoms with Crippen LogP contribution < -0.4 is 5.32 Å². The Balaban J connectivity index is 2.21. The van der Waals surface area contributed by atoms with Crippen molar-refractivity contribution in [2.24, 2.45) is 0 Å². The van der Waals surface area contributed by atoms with Crippen LogP contribution in [0.2, 0.25) is 0 Å². The highest BCUT2D eigenvalue weighted by Crippen LogP contribution is 2.08. The Kier molecular flexibility index (Phi) is 4.55. The van der Waals surface area contributed by atoms with E-state index in [4.69, 9.17) is 0 Å². The zero-order valence-electron chi connectivity index (χ0n) is 9.03. The molecular weight excluding hydrogens is 196 g/mol. The molecule has 0 radical (unpaired) electrons. The van der Waals surface area contributed by atoms with Crippen molar-refractivity contribution in [3.05, 3.63) is 0 Å². The summed E-state index contributed by atoms with van der Waals surface area (Å²) >= 11 is 0. The van der Waals surface area contributed by atoms with Gasteiger partial charge < -0.3 is 15.3 Å². The maximum absolute atomic E-state index is 11.5. The van der Waals surface area contributed by atoms with Crippen LogP contribution >= 0.6 is 0 Å². The number of β-amino-alcohol motifs (C(OH)–C–C–N with tert-alkyl or cyclic N) is 1. The molecule has 0 aromatic heterocycles. The Hall–Kier alpha value is -1.10. The monoisotopic (exact) mass is 214 g/mol. The normalized spacial score (nSPS) is 20.4. The fourth-order valence-corrected chi connectivity index (χ4v) is 1.57. The fraction of sp³-hybridized carbons (Fsp3) is 0.800. The van der Waals surface area contributed by atoms with E-state index in [9.17, 15) is 14.7 Å². The van der Waals surface area contributed by atoms with Gasteiger partial charge >= 0.3 is 0 Å². The topological polar surface area (TPSA) is 69.6 Å². The quantitative estimate of drug-likeness (QED) is 0.662. The van der Waals surface area contributed by atoms with Crippen LogP contribution in [0.25, 0.3) is 0 Å². The Labute approximate surface area is 89.4 Å². The predicted molar refractivity (Wildman–Crippen MR) is 55.1 cm³/mol. The second-order valence-electron chi connectivity index (χ2n) is 3.81. The Morgan fingerprint density at radius 1 is 1.53 bits per heavy atom. The summed E-state index contributed by atoms with van der Waals surface area (Å²) in [5, 5.41) is 11.8. The molecule has 1 aliphatic rings. The van der Waals surface area contributed by atoms with E-state index >= 15 is 0 Å². The predicted octanol–water partition coefficient (Wildman–Crippen LogP) is -0.504. The zero-order valence-corrected chi connectivity index (χ0v) is 9.03. The lowest BCUT2D eigenvalue weighted by Crippen LogP contribution is -2.39. The number of nitrogens with one attached hydrogen (secondary N) is 1. The molecular formula is C10H18N2O3. The molecule has 0 aliphatic carbocycles. The molecule has 1 heterocycles. The third kappa shape index (κ3) is 3.87. The number of amides is 2. The molecule has 1 aliphatic heterocycles. The van der Waals surface area contributed by atoms with Crippen LogP contribution in [0.15, 0.2) is 0 Å². The molecule has 0 aromatic rings. The van der Waals surface area contributed by atoms with E-state index < -0.39 is 6.10 Å². The first kappa shape index (κ1) is 12.0. The van der Waals surface area contributed by atoms with Gasteiger partial charge in [0.25, 0.3) is 0 Å². The molecule has 0 bridgehead atoms. The Morgan fingerprint density at radius 2 is 2.27 bits per heavy atom. The lowest BCUT2D eigenvalue weighted by molar-refractivity contribution is -0.132. The first-order valence-electron chi connectivity index (χ1n) is 5.36. The average Bonchev–Trinajstić information content (AvgIpc) is 2.62. The second kappa shape index (κ2) is 5.70. The van der Waals surface area contributed by atoms with Crippen LogP contribution in [-0.4, -0.2) is 47.6 Å². The van der Waals surface area contributed by atoms with Gasteiger partial charge in [-0.15, -0.1) is 0 Å². The van der Waals surface area contributed by atoms with Crippen molar-refractivity contribution in [2.45, 2.75) is 32.3 Å². The number of rotatable bonds is 4. The maximum atomic E-state index is 11.5. The second-order valence-corrected chi connectivity index (χ2v) is 3.81. The van der Waals surface area contributed by atoms with Crippen LogP contribution in [0.1, 0.15) is 26.2 Å². The van der Waals surface area contributed by atoms with E-state index in [1.54, 1.807) is 4.90 Å². The molecule has 1 fully saturated rings. The first-order chi connectivity index (χ1) is 7.13. The highest BCUT2D eigenvalue weighted by Gasteiger charge is 2.24. The van der Waals surface area contributed by atoms with Crippen LogP contribution in [0.4, 0.5) is 0 Å². The number of nitrogens with zero attached hydrogens (tertiary/aromatic N) is 1. The molecule has 2 amide bonds. The fourth-order valence-electron chi connectivity index (χ4n) is 1.57. The van der Waals surface area contributed by atoms with Gasteiger partial charge in [-0.3, -0.25) is 9.59 Å². The molecule has 1 rings (SSSR count). The van der Waals surface area contributed by atoms with E-state index in [-0.39, 0.29) is 18.4 Å². The van der Waals surface area contributed by atoms with Gasteiger partial charge in [0, 0.05) is 19.5 Å². The van der Waals surface area contributed by atoms with Crippen molar-refractivity contribution >= 4 is 11.8 Å². The lowest BCUT2D eigenvalue weighted by Gasteiger charge is -2.15. The van der Waals surface area contributed by atoms with Crippen LogP contribution in [0.3, 0.4) is 0 Å². The SMILES string of the molecule is CCCC(=O)NCC(=O)N1CC[C@@H](O)C1. The summed E-state index contributed by atoms with van der Waals surface area (Å²) in [6.07, 6.45) is 1.47. The minimum Gasteiger partial charge on any atom is -0.391 e. The van der Waals surface area contributed by atoms with E-state index in [0.717, 1.165) is 6.42 Å². The summed E-state index contributed by atoms with van der Waals surface area (Å²) in [7, 11) is 0. The molecule has 86 valence electrons. The molecule has 0 saturated carbocycles. The van der Waals surface area contributed by atoms with Crippen molar-refractivity contribution in [3.63, 3.8) is 0 Å². The molecule has 0 spiro atoms. The third-order valence-corrected chi connectivity index (χ3v) is 2.43. The van der Waals surface area contributed by atoms with Crippen molar-refractivity contribution in [1.29, 1.82) is 0 Å². The summed E-state index contributed by atoms with van der Waals surface area (Å²) < 4.78 is 0. The minimum atomic E-state index is -0.403. The standard InChI is InChI=1S/C10H18N2O3/c1-2-3-9(14)11-6-10(15)12-5-4-8(13)7-12/h8,13H,2-7H2,1H3,(H,11,14)/t8-/m1/s1. The van der Waals surface area contributed by atoms with Crippen LogP contribution in [0, 0.1) is 0 Å². The van der Waals surface area contributed by atoms with Gasteiger partial charge in [-0.1, -0.05) is 6.92 Å². The summed E-state index contributed by atoms with van der Waals surface area (Å²) in [6, 6.07) is 0. The van der Waals surface area contributed by atoms with Crippen molar-refractivity contribution in [3.8, 4) is 0 Å². The minimum absolute atomic E-state index is 0.0472. The molecule has 0 unspecified atom stereocenters. The van der Waals surface area contributed by atoms with Gasteiger partial charge in [0.15, 0.2) is 0 Å². The Bertz CT molecular complexity index is 243. The highest BCUT2D eigenvalue weighted by atomic mass is 16.3. The number of aliphatic hydroxyl groups is 1. The van der Waals surface area contributed by atoms with E-state index in [0.29, 0.717) is 25.9 Å². The number of carbonyl (C=O) groups excluding carboxylic acids is 2. The summed E-state index contributed by atoms with van der Waals surface area (Å²) in [5.74, 6) is -0.207. The van der Waals surface area contributed by atoms with Gasteiger partial charge in [0.2, 0.25) is 11.8 Å². The molecule has 1 saturated heterocycles. The molecule has 0 aromatic carbocycles. The molecule has 5 nitrogen and oxygen atoms in total. The zero-order chi connectivity index (χ0) is 11.3. The van der Waals surface area contributed by atoms with Gasteiger partial charge in [0.05, 0.1) is 12.6 Å². The van der Waals surface area contributed by atoms with Gasteiger partial charge in [-0.25, -0.2) is 0 Å². The summed E-state index contributed by atoms with van der Waals surface area (Å²) in [5.41, 5.74) is 0. The van der Waals surface area contributed by atoms with E-state index in [2.05, 4.69) is 5.32 Å². The van der Waals surface area contributed by atoms with Crippen molar-refractivity contribution in [2.75, 3.05) is 19.6 Å². The molecule has 15 heavy (non-hydrogen) atoms. The number of aliphatic hydroxyl groups excluding tert-OH is 1. The first-order valence-corrected chi connectivity index (χ1v) is 5.36. The van der Waals surface area contributed by atoms with Gasteiger partial charge in [-0.05, 0) is 12.8 Å². The highest BCUT2D eigenvalue weighted by molar-refractivity contribution is 5.84. The number of hydrogen-bond acceptors (Lipinski definition) is 3. The lowest BCUT2D eigenvalue weighted by atomic mass is 10.3. The third-order valence-electron chi connectivity index (χ3n) is 2.43. The molecule has 1 atom stereocenters. The van der Waals surface area contributed by atoms with Crippen LogP contribution in [-0.2, 0) is 9.59 Å². The summed E-state index contributed by atoms with van der Waals surface area (Å²) in [4.78, 5) is 24.2. The number of carbonyl (C=O) groups is 2. The van der Waals surface area contributed by atoms with Gasteiger partial charge in [0.1, 0.15) is 0 Å². The average molecular weight is 214 g/mol. The van der Waals surface area contributed by atoms with Crippen molar-refractivity contribution < 1.29 is 14.7 Å². The maximum Gasteiger partial charge on any atom is 0.242 e. The van der Waals surface area contributed by atoms with Crippen molar-refractivity contribution in [1.82, 2.24) is 10.2 Å². The van der Waals surface area contributed by atoms with Crippen LogP contribution in [0.5, 0.6) is 0 Å². The van der Waals surface area contributed by atoms with E-state index in [1.807, 2.05) is 6.92 Å². The number of hydrogen-bond donors (Lipinski definition) is 2. The smallest absolute Gasteiger partial charge is 0.242 e. The van der Waals surface area contributed by atoms with Gasteiger partial charge in [-0.2, -0.15) is 0 Å². The largest absolute Gasteiger partial charge is 0.391 e. The molecule has 2 N–H and O–H groups in total. The summed E-state index contributed by atoms with van der Waals surface area (Å²) in [6.45, 7) is 2.94.